The maximum Gasteiger partial charge on any atom is 0.522 e. The highest BCUT2D eigenvalue weighted by atomic mass is 35.5. The van der Waals surface area contributed by atoms with Crippen molar-refractivity contribution in [2.45, 2.75) is 19.2 Å². The third-order valence-electron chi connectivity index (χ3n) is 4.14. The van der Waals surface area contributed by atoms with Gasteiger partial charge in [0, 0.05) is 31.3 Å². The molecule has 6 nitrogen and oxygen atoms in total. The Hall–Kier alpha value is -2.33. The van der Waals surface area contributed by atoms with Gasteiger partial charge in [0.2, 0.25) is 5.91 Å². The SMILES string of the molecule is C=C(CCNC(=O)COc1ccc(Cl)c(F)c1)N1CCC(COC(F)(F)F)C1=O. The lowest BCUT2D eigenvalue weighted by Gasteiger charge is -2.20. The molecule has 1 aromatic carbocycles. The molecule has 1 unspecified atom stereocenters. The fraction of sp³-hybridized carbons (Fsp3) is 0.444. The second-order valence-corrected chi connectivity index (χ2v) is 6.67. The minimum Gasteiger partial charge on any atom is -0.484 e. The lowest BCUT2D eigenvalue weighted by atomic mass is 10.1. The van der Waals surface area contributed by atoms with Gasteiger partial charge < -0.3 is 15.0 Å². The first kappa shape index (κ1) is 23.0. The van der Waals surface area contributed by atoms with Crippen LogP contribution in [-0.4, -0.2) is 49.4 Å². The van der Waals surface area contributed by atoms with E-state index in [1.807, 2.05) is 0 Å². The third-order valence-corrected chi connectivity index (χ3v) is 4.45. The van der Waals surface area contributed by atoms with Crippen molar-refractivity contribution in [2.24, 2.45) is 5.92 Å². The number of hydrogen-bond acceptors (Lipinski definition) is 4. The first-order chi connectivity index (χ1) is 13.6. The zero-order chi connectivity index (χ0) is 21.6. The van der Waals surface area contributed by atoms with Crippen molar-refractivity contribution in [3.8, 4) is 5.75 Å². The number of rotatable bonds is 9. The molecule has 2 amide bonds. The first-order valence-corrected chi connectivity index (χ1v) is 8.99. The highest BCUT2D eigenvalue weighted by Gasteiger charge is 2.37. The zero-order valence-electron chi connectivity index (χ0n) is 15.2. The largest absolute Gasteiger partial charge is 0.522 e. The molecule has 29 heavy (non-hydrogen) atoms. The number of ether oxygens (including phenoxy) is 2. The Bertz CT molecular complexity index is 773. The molecule has 1 fully saturated rings. The summed E-state index contributed by atoms with van der Waals surface area (Å²) in [5, 5.41) is 2.48. The van der Waals surface area contributed by atoms with Gasteiger partial charge in [-0.3, -0.25) is 14.3 Å². The predicted octanol–water partition coefficient (Wildman–Crippen LogP) is 3.26. The first-order valence-electron chi connectivity index (χ1n) is 8.61. The summed E-state index contributed by atoms with van der Waals surface area (Å²) in [6, 6.07) is 3.77. The molecule has 0 spiro atoms. The Morgan fingerprint density at radius 1 is 1.38 bits per heavy atom. The van der Waals surface area contributed by atoms with Crippen LogP contribution in [0.5, 0.6) is 5.75 Å². The van der Waals surface area contributed by atoms with Gasteiger partial charge in [0.1, 0.15) is 11.6 Å². The number of likely N-dealkylation sites (tertiary alicyclic amines) is 1. The number of nitrogens with zero attached hydrogens (tertiary/aromatic N) is 1. The summed E-state index contributed by atoms with van der Waals surface area (Å²) in [4.78, 5) is 25.2. The zero-order valence-corrected chi connectivity index (χ0v) is 16.0. The van der Waals surface area contributed by atoms with E-state index in [0.717, 1.165) is 6.07 Å². The molecule has 1 N–H and O–H groups in total. The monoisotopic (exact) mass is 438 g/mol. The normalized spacial score (nSPS) is 16.8. The summed E-state index contributed by atoms with van der Waals surface area (Å²) in [6.07, 6.45) is -4.33. The molecule has 1 atom stereocenters. The van der Waals surface area contributed by atoms with E-state index in [-0.39, 0.29) is 43.3 Å². The second-order valence-electron chi connectivity index (χ2n) is 6.26. The van der Waals surface area contributed by atoms with Crippen LogP contribution in [0.4, 0.5) is 17.6 Å². The summed E-state index contributed by atoms with van der Waals surface area (Å²) < 4.78 is 58.5. The average Bonchev–Trinajstić information content (AvgIpc) is 3.01. The van der Waals surface area contributed by atoms with Gasteiger partial charge in [-0.15, -0.1) is 13.2 Å². The van der Waals surface area contributed by atoms with Gasteiger partial charge >= 0.3 is 6.36 Å². The molecular formula is C18H19ClF4N2O4. The molecule has 0 radical (unpaired) electrons. The summed E-state index contributed by atoms with van der Waals surface area (Å²) in [7, 11) is 0. The van der Waals surface area contributed by atoms with Crippen molar-refractivity contribution in [1.29, 1.82) is 0 Å². The van der Waals surface area contributed by atoms with Crippen LogP contribution in [0.1, 0.15) is 12.8 Å². The van der Waals surface area contributed by atoms with Crippen molar-refractivity contribution in [3.63, 3.8) is 0 Å². The van der Waals surface area contributed by atoms with Gasteiger partial charge in [-0.2, -0.15) is 0 Å². The molecule has 160 valence electrons. The van der Waals surface area contributed by atoms with Gasteiger partial charge in [0.25, 0.3) is 5.91 Å². The number of alkyl halides is 3. The van der Waals surface area contributed by atoms with Crippen LogP contribution >= 0.6 is 11.6 Å². The average molecular weight is 439 g/mol. The lowest BCUT2D eigenvalue weighted by molar-refractivity contribution is -0.327. The number of benzene rings is 1. The molecule has 1 aliphatic rings. The summed E-state index contributed by atoms with van der Waals surface area (Å²) in [5.74, 6) is -2.37. The highest BCUT2D eigenvalue weighted by molar-refractivity contribution is 6.30. The number of halogens is 5. The lowest BCUT2D eigenvalue weighted by Crippen LogP contribution is -2.33. The summed E-state index contributed by atoms with van der Waals surface area (Å²) >= 11 is 5.55. The Kier molecular flexibility index (Phi) is 7.86. The molecule has 2 rings (SSSR count). The van der Waals surface area contributed by atoms with E-state index in [1.54, 1.807) is 0 Å². The van der Waals surface area contributed by atoms with Crippen molar-refractivity contribution in [1.82, 2.24) is 10.2 Å². The highest BCUT2D eigenvalue weighted by Crippen LogP contribution is 2.26. The molecule has 11 heteroatoms. The van der Waals surface area contributed by atoms with Crippen LogP contribution in [0.2, 0.25) is 5.02 Å². The standard InChI is InChI=1S/C18H19ClF4N2O4/c1-11(25-7-5-12(17(25)27)9-29-18(21,22)23)4-6-24-16(26)10-28-13-2-3-14(19)15(20)8-13/h2-3,8,12H,1,4-7,9-10H2,(H,24,26). The van der Waals surface area contributed by atoms with Gasteiger partial charge in [0.15, 0.2) is 6.61 Å². The van der Waals surface area contributed by atoms with Crippen molar-refractivity contribution < 1.29 is 36.6 Å². The van der Waals surface area contributed by atoms with Crippen LogP contribution in [0, 0.1) is 11.7 Å². The van der Waals surface area contributed by atoms with E-state index >= 15 is 0 Å². The molecule has 1 aromatic rings. The van der Waals surface area contributed by atoms with Gasteiger partial charge in [-0.25, -0.2) is 4.39 Å². The van der Waals surface area contributed by atoms with Gasteiger partial charge in [-0.1, -0.05) is 18.2 Å². The second kappa shape index (κ2) is 9.93. The van der Waals surface area contributed by atoms with Gasteiger partial charge in [-0.05, 0) is 18.6 Å². The van der Waals surface area contributed by atoms with E-state index < -0.39 is 36.5 Å². The van der Waals surface area contributed by atoms with Crippen molar-refractivity contribution in [3.05, 3.63) is 41.3 Å². The number of hydrogen-bond donors (Lipinski definition) is 1. The minimum absolute atomic E-state index is 0.0658. The van der Waals surface area contributed by atoms with E-state index in [4.69, 9.17) is 16.3 Å². The van der Waals surface area contributed by atoms with E-state index in [2.05, 4.69) is 16.6 Å². The predicted molar refractivity (Wildman–Crippen MR) is 95.5 cm³/mol. The maximum atomic E-state index is 13.3. The van der Waals surface area contributed by atoms with E-state index in [0.29, 0.717) is 5.70 Å². The molecule has 1 aliphatic heterocycles. The van der Waals surface area contributed by atoms with E-state index in [9.17, 15) is 27.2 Å². The Morgan fingerprint density at radius 3 is 2.76 bits per heavy atom. The van der Waals surface area contributed by atoms with Crippen LogP contribution < -0.4 is 10.1 Å². The molecule has 1 saturated heterocycles. The minimum atomic E-state index is -4.78. The van der Waals surface area contributed by atoms with E-state index in [1.165, 1.54) is 17.0 Å². The Balaban J connectivity index is 1.69. The maximum absolute atomic E-state index is 13.3. The fourth-order valence-electron chi connectivity index (χ4n) is 2.65. The van der Waals surface area contributed by atoms with Crippen LogP contribution in [0.25, 0.3) is 0 Å². The quantitative estimate of drug-likeness (QED) is 0.601. The fourth-order valence-corrected chi connectivity index (χ4v) is 2.77. The third kappa shape index (κ3) is 7.21. The van der Waals surface area contributed by atoms with Gasteiger partial charge in [0.05, 0.1) is 17.5 Å². The molecule has 0 aromatic heterocycles. The van der Waals surface area contributed by atoms with Crippen molar-refractivity contribution >= 4 is 23.4 Å². The van der Waals surface area contributed by atoms with Crippen molar-refractivity contribution in [2.75, 3.05) is 26.3 Å². The van der Waals surface area contributed by atoms with Crippen LogP contribution in [0.3, 0.4) is 0 Å². The Labute approximate surface area is 169 Å². The molecule has 0 bridgehead atoms. The molecule has 0 saturated carbocycles. The summed E-state index contributed by atoms with van der Waals surface area (Å²) in [6.45, 7) is 3.04. The summed E-state index contributed by atoms with van der Waals surface area (Å²) in [5.41, 5.74) is 0.380. The number of amides is 2. The number of nitrogens with one attached hydrogen (secondary N) is 1. The Morgan fingerprint density at radius 2 is 2.10 bits per heavy atom. The van der Waals surface area contributed by atoms with Crippen LogP contribution in [0.15, 0.2) is 30.5 Å². The number of carbonyl (C=O) groups is 2. The molecule has 1 heterocycles. The molecule has 0 aliphatic carbocycles. The van der Waals surface area contributed by atoms with Crippen LogP contribution in [-0.2, 0) is 14.3 Å². The topological polar surface area (TPSA) is 67.9 Å². The smallest absolute Gasteiger partial charge is 0.484 e. The number of carbonyl (C=O) groups excluding carboxylic acids is 2. The molecular weight excluding hydrogens is 420 g/mol.